The molecule has 0 unspecified atom stereocenters. The third kappa shape index (κ3) is 8.75. The molecule has 0 spiro atoms. The SMILES string of the molecule is CCCCCCC1(CCCCCC)c2ccccc2-c2cc3c4cc5c(cc4c4c(CC)c(-c6ccccc6)c(-c6ccccc6)c(CC)c4c3cc21)C(CCCCCC)(CCCCCC)c1ccccc1-5. The van der Waals surface area contributed by atoms with Crippen molar-refractivity contribution in [2.45, 2.75) is 194 Å². The molecule has 0 N–H and O–H groups in total. The predicted octanol–water partition coefficient (Wildman–Crippen LogP) is 22.0. The van der Waals surface area contributed by atoms with Crippen LogP contribution < -0.4 is 0 Å². The average molecular weight is 949 g/mol. The minimum atomic E-state index is 0.00110. The molecule has 0 amide bonds. The molecule has 8 aromatic rings. The van der Waals surface area contributed by atoms with Crippen LogP contribution >= 0.6 is 0 Å². The van der Waals surface area contributed by atoms with Crippen LogP contribution in [-0.2, 0) is 23.7 Å². The second kappa shape index (κ2) is 22.3. The van der Waals surface area contributed by atoms with E-state index < -0.39 is 0 Å². The van der Waals surface area contributed by atoms with Crippen molar-refractivity contribution in [2.75, 3.05) is 0 Å². The van der Waals surface area contributed by atoms with E-state index in [9.17, 15) is 0 Å². The lowest BCUT2D eigenvalue weighted by Crippen LogP contribution is -2.25. The molecule has 0 atom stereocenters. The summed E-state index contributed by atoms with van der Waals surface area (Å²) >= 11 is 0. The lowest BCUT2D eigenvalue weighted by atomic mass is 9.69. The van der Waals surface area contributed by atoms with E-state index in [4.69, 9.17) is 0 Å². The van der Waals surface area contributed by atoms with Gasteiger partial charge in [0.2, 0.25) is 0 Å². The van der Waals surface area contributed by atoms with Crippen molar-refractivity contribution >= 4 is 32.3 Å². The van der Waals surface area contributed by atoms with E-state index in [0.717, 1.165) is 12.8 Å². The molecule has 2 aliphatic rings. The quantitative estimate of drug-likeness (QED) is 0.0418. The topological polar surface area (TPSA) is 0 Å². The maximum atomic E-state index is 2.81. The molecule has 72 heavy (non-hydrogen) atoms. The fraction of sp³-hybridized carbons (Fsp3) is 0.417. The first-order valence-electron chi connectivity index (χ1n) is 29.4. The standard InChI is InChI=1S/C72H84/c1-7-13-17-31-43-71(44-32-18-14-8-2)63-41-29-27-39-55(63)59-47-57-58-48-60-56-40-28-30-42-64(56)72(45-33-19-15-9-3,46-34-20-16-10-4)66(60)50-62(58)70-54(12-6)68(52-37-25-22-26-38-52)67(51-35-23-21-24-36-51)53(11-5)69(70)61(57)49-65(59)71/h21-30,35-42,47-50H,7-20,31-34,43-46H2,1-6H3. The second-order valence-corrected chi connectivity index (χ2v) is 22.3. The van der Waals surface area contributed by atoms with Gasteiger partial charge < -0.3 is 0 Å². The first kappa shape index (κ1) is 50.1. The number of fused-ring (bicyclic) bond motifs is 12. The molecule has 0 nitrogen and oxygen atoms in total. The van der Waals surface area contributed by atoms with Crippen LogP contribution in [0, 0.1) is 0 Å². The Kier molecular flexibility index (Phi) is 15.5. The number of hydrogen-bond acceptors (Lipinski definition) is 0. The zero-order chi connectivity index (χ0) is 49.7. The molecule has 0 bridgehead atoms. The zero-order valence-electron chi connectivity index (χ0n) is 45.3. The van der Waals surface area contributed by atoms with E-state index in [1.165, 1.54) is 216 Å². The van der Waals surface area contributed by atoms with Gasteiger partial charge in [0.15, 0.2) is 0 Å². The van der Waals surface area contributed by atoms with Crippen molar-refractivity contribution in [1.29, 1.82) is 0 Å². The molecule has 0 heterocycles. The molecule has 0 saturated carbocycles. The van der Waals surface area contributed by atoms with Gasteiger partial charge in [0, 0.05) is 10.8 Å². The summed E-state index contributed by atoms with van der Waals surface area (Å²) in [5.41, 5.74) is 20.8. The molecule has 0 radical (unpaired) electrons. The number of benzene rings is 8. The summed E-state index contributed by atoms with van der Waals surface area (Å²) in [4.78, 5) is 0. The third-order valence-corrected chi connectivity index (χ3v) is 18.0. The molecule has 0 aliphatic heterocycles. The van der Waals surface area contributed by atoms with Crippen molar-refractivity contribution in [3.63, 3.8) is 0 Å². The van der Waals surface area contributed by atoms with Crippen molar-refractivity contribution in [3.05, 3.63) is 167 Å². The number of hydrogen-bond donors (Lipinski definition) is 0. The normalized spacial score (nSPS) is 14.0. The minimum absolute atomic E-state index is 0.00110. The molecule has 8 aromatic carbocycles. The van der Waals surface area contributed by atoms with Gasteiger partial charge in [-0.25, -0.2) is 0 Å². The Morgan fingerprint density at radius 3 is 0.958 bits per heavy atom. The van der Waals surface area contributed by atoms with Crippen LogP contribution in [0.25, 0.3) is 76.8 Å². The van der Waals surface area contributed by atoms with Crippen LogP contribution in [0.15, 0.2) is 133 Å². The summed E-state index contributed by atoms with van der Waals surface area (Å²) < 4.78 is 0. The summed E-state index contributed by atoms with van der Waals surface area (Å²) in [5.74, 6) is 0. The van der Waals surface area contributed by atoms with Crippen LogP contribution in [-0.4, -0.2) is 0 Å². The van der Waals surface area contributed by atoms with E-state index in [1.54, 1.807) is 22.3 Å². The number of rotatable bonds is 24. The summed E-state index contributed by atoms with van der Waals surface area (Å²) in [6.45, 7) is 14.3. The number of aryl methyl sites for hydroxylation is 2. The van der Waals surface area contributed by atoms with E-state index in [1.807, 2.05) is 0 Å². The van der Waals surface area contributed by atoms with E-state index in [-0.39, 0.29) is 10.8 Å². The van der Waals surface area contributed by atoms with Crippen LogP contribution in [0.1, 0.15) is 203 Å². The first-order valence-corrected chi connectivity index (χ1v) is 29.4. The van der Waals surface area contributed by atoms with Crippen LogP contribution in [0.4, 0.5) is 0 Å². The fourth-order valence-corrected chi connectivity index (χ4v) is 14.6. The monoisotopic (exact) mass is 949 g/mol. The highest BCUT2D eigenvalue weighted by Gasteiger charge is 2.45. The van der Waals surface area contributed by atoms with E-state index >= 15 is 0 Å². The predicted molar refractivity (Wildman–Crippen MR) is 316 cm³/mol. The highest BCUT2D eigenvalue weighted by Crippen LogP contribution is 2.60. The van der Waals surface area contributed by atoms with Crippen LogP contribution in [0.3, 0.4) is 0 Å². The Morgan fingerprint density at radius 2 is 0.625 bits per heavy atom. The molecule has 0 fully saturated rings. The summed E-state index contributed by atoms with van der Waals surface area (Å²) in [7, 11) is 0. The molecule has 0 saturated heterocycles. The van der Waals surface area contributed by atoms with Gasteiger partial charge in [0.05, 0.1) is 0 Å². The van der Waals surface area contributed by atoms with Gasteiger partial charge >= 0.3 is 0 Å². The van der Waals surface area contributed by atoms with Gasteiger partial charge in [0.1, 0.15) is 0 Å². The Morgan fingerprint density at radius 1 is 0.292 bits per heavy atom. The van der Waals surface area contributed by atoms with Crippen molar-refractivity contribution in [2.24, 2.45) is 0 Å². The summed E-state index contributed by atoms with van der Waals surface area (Å²) in [5, 5.41) is 8.82. The molecular formula is C72H84. The van der Waals surface area contributed by atoms with Gasteiger partial charge in [-0.15, -0.1) is 0 Å². The van der Waals surface area contributed by atoms with Gasteiger partial charge in [0.25, 0.3) is 0 Å². The molecule has 0 aromatic heterocycles. The number of unbranched alkanes of at least 4 members (excludes halogenated alkanes) is 12. The lowest BCUT2D eigenvalue weighted by molar-refractivity contribution is 0.401. The maximum Gasteiger partial charge on any atom is 0.0215 e. The Labute approximate surface area is 435 Å². The molecule has 372 valence electrons. The lowest BCUT2D eigenvalue weighted by Gasteiger charge is -2.34. The molecular weight excluding hydrogens is 865 g/mol. The highest BCUT2D eigenvalue weighted by molar-refractivity contribution is 6.30. The van der Waals surface area contributed by atoms with Gasteiger partial charge in [-0.05, 0) is 173 Å². The average Bonchev–Trinajstić information content (AvgIpc) is 3.85. The summed E-state index contributed by atoms with van der Waals surface area (Å²) in [6.07, 6.45) is 27.4. The van der Waals surface area contributed by atoms with E-state index in [0.29, 0.717) is 0 Å². The van der Waals surface area contributed by atoms with Gasteiger partial charge in [-0.3, -0.25) is 0 Å². The molecule has 10 rings (SSSR count). The van der Waals surface area contributed by atoms with Crippen molar-refractivity contribution in [3.8, 4) is 44.5 Å². The smallest absolute Gasteiger partial charge is 0.0215 e. The first-order chi connectivity index (χ1) is 35.5. The van der Waals surface area contributed by atoms with Gasteiger partial charge in [-0.1, -0.05) is 253 Å². The largest absolute Gasteiger partial charge is 0.0654 e. The third-order valence-electron chi connectivity index (χ3n) is 18.0. The second-order valence-electron chi connectivity index (χ2n) is 22.3. The van der Waals surface area contributed by atoms with Crippen LogP contribution in [0.5, 0.6) is 0 Å². The Hall–Kier alpha value is -5.46. The summed E-state index contributed by atoms with van der Waals surface area (Å²) in [6, 6.07) is 53.4. The van der Waals surface area contributed by atoms with Crippen molar-refractivity contribution in [1.82, 2.24) is 0 Å². The zero-order valence-corrected chi connectivity index (χ0v) is 45.3. The Balaban J connectivity index is 1.38. The molecule has 0 heteroatoms. The fourth-order valence-electron chi connectivity index (χ4n) is 14.6. The Bertz CT molecular complexity index is 2910. The molecule has 2 aliphatic carbocycles. The van der Waals surface area contributed by atoms with E-state index in [2.05, 4.69) is 175 Å². The highest BCUT2D eigenvalue weighted by atomic mass is 14.5. The minimum Gasteiger partial charge on any atom is -0.0654 e. The van der Waals surface area contributed by atoms with Crippen molar-refractivity contribution < 1.29 is 0 Å². The maximum absolute atomic E-state index is 2.81. The van der Waals surface area contributed by atoms with Crippen LogP contribution in [0.2, 0.25) is 0 Å². The van der Waals surface area contributed by atoms with Gasteiger partial charge in [-0.2, -0.15) is 0 Å².